The van der Waals surface area contributed by atoms with Crippen molar-refractivity contribution in [1.29, 1.82) is 0 Å². The highest BCUT2D eigenvalue weighted by Gasteiger charge is 2.21. The molecule has 0 bridgehead atoms. The summed E-state index contributed by atoms with van der Waals surface area (Å²) in [6.45, 7) is 7.56. The number of aromatic nitrogens is 1. The van der Waals surface area contributed by atoms with E-state index in [0.717, 1.165) is 40.5 Å². The highest BCUT2D eigenvalue weighted by atomic mass is 35.5. The number of halogens is 1. The molecule has 30 heavy (non-hydrogen) atoms. The van der Waals surface area contributed by atoms with Crippen LogP contribution in [0.4, 0.5) is 5.13 Å². The van der Waals surface area contributed by atoms with Crippen molar-refractivity contribution < 1.29 is 9.53 Å². The summed E-state index contributed by atoms with van der Waals surface area (Å²) in [6.07, 6.45) is 0. The molecule has 0 N–H and O–H groups in total. The van der Waals surface area contributed by atoms with Gasteiger partial charge in [-0.3, -0.25) is 9.69 Å². The van der Waals surface area contributed by atoms with Crippen LogP contribution < -0.4 is 9.64 Å². The average molecular weight is 464 g/mol. The molecule has 0 aliphatic heterocycles. The molecule has 1 amide bonds. The largest absolute Gasteiger partial charge is 0.497 e. The van der Waals surface area contributed by atoms with E-state index in [1.165, 1.54) is 23.1 Å². The van der Waals surface area contributed by atoms with E-state index in [2.05, 4.69) is 23.7 Å². The monoisotopic (exact) mass is 463 g/mol. The van der Waals surface area contributed by atoms with Crippen molar-refractivity contribution in [3.05, 3.63) is 47.5 Å². The molecule has 8 heteroatoms. The van der Waals surface area contributed by atoms with Crippen LogP contribution in [0.1, 0.15) is 13.8 Å². The fourth-order valence-corrected chi connectivity index (χ4v) is 5.11. The smallest absolute Gasteiger partial charge is 0.239 e. The minimum atomic E-state index is 0.0400. The Labute approximate surface area is 191 Å². The highest BCUT2D eigenvalue weighted by Crippen LogP contribution is 2.33. The summed E-state index contributed by atoms with van der Waals surface area (Å²) < 4.78 is 6.19. The molecule has 0 atom stereocenters. The van der Waals surface area contributed by atoms with Gasteiger partial charge in [-0.2, -0.15) is 0 Å². The van der Waals surface area contributed by atoms with E-state index in [4.69, 9.17) is 16.3 Å². The van der Waals surface area contributed by atoms with Crippen molar-refractivity contribution in [1.82, 2.24) is 9.88 Å². The first kappa shape index (κ1) is 22.9. The molecule has 5 nitrogen and oxygen atoms in total. The van der Waals surface area contributed by atoms with Crippen molar-refractivity contribution in [3.63, 3.8) is 0 Å². The van der Waals surface area contributed by atoms with Crippen LogP contribution >= 0.6 is 34.7 Å². The number of thiazole rings is 1. The predicted octanol–water partition coefficient (Wildman–Crippen LogP) is 5.43. The van der Waals surface area contributed by atoms with Crippen molar-refractivity contribution >= 4 is 56.0 Å². The first-order valence-electron chi connectivity index (χ1n) is 9.90. The summed E-state index contributed by atoms with van der Waals surface area (Å²) in [6, 6.07) is 13.5. The lowest BCUT2D eigenvalue weighted by Gasteiger charge is -2.24. The van der Waals surface area contributed by atoms with Crippen LogP contribution in [0, 0.1) is 0 Å². The van der Waals surface area contributed by atoms with Gasteiger partial charge in [0.15, 0.2) is 5.13 Å². The number of likely N-dealkylation sites (N-methyl/N-ethyl adjacent to an activating group) is 1. The van der Waals surface area contributed by atoms with Gasteiger partial charge in [-0.15, -0.1) is 11.8 Å². The second-order valence-electron chi connectivity index (χ2n) is 6.62. The minimum Gasteiger partial charge on any atom is -0.497 e. The number of fused-ring (bicyclic) bond motifs is 1. The lowest BCUT2D eigenvalue weighted by atomic mass is 10.3. The number of rotatable bonds is 10. The number of amides is 1. The molecule has 3 rings (SSSR count). The normalized spacial score (nSPS) is 11.2. The maximum Gasteiger partial charge on any atom is 0.239 e. The Morgan fingerprint density at radius 3 is 2.50 bits per heavy atom. The van der Waals surface area contributed by atoms with E-state index in [1.54, 1.807) is 12.0 Å². The van der Waals surface area contributed by atoms with Gasteiger partial charge in [0.05, 0.1) is 22.6 Å². The molecular weight excluding hydrogens is 438 g/mol. The quantitative estimate of drug-likeness (QED) is 0.375. The zero-order valence-electron chi connectivity index (χ0n) is 17.4. The lowest BCUT2D eigenvalue weighted by Crippen LogP contribution is -2.39. The number of hydrogen-bond acceptors (Lipinski definition) is 6. The van der Waals surface area contributed by atoms with E-state index in [1.807, 2.05) is 42.5 Å². The van der Waals surface area contributed by atoms with Gasteiger partial charge in [-0.25, -0.2) is 4.98 Å². The van der Waals surface area contributed by atoms with E-state index in [-0.39, 0.29) is 5.91 Å². The van der Waals surface area contributed by atoms with E-state index < -0.39 is 0 Å². The number of thioether (sulfide) groups is 1. The van der Waals surface area contributed by atoms with Gasteiger partial charge in [-0.05, 0) is 49.5 Å². The summed E-state index contributed by atoms with van der Waals surface area (Å²) in [5.41, 5.74) is 0.752. The number of nitrogens with zero attached hydrogens (tertiary/aromatic N) is 3. The predicted molar refractivity (Wildman–Crippen MR) is 128 cm³/mol. The third-order valence-electron chi connectivity index (χ3n) is 4.85. The van der Waals surface area contributed by atoms with Gasteiger partial charge in [-0.1, -0.05) is 42.9 Å². The molecule has 160 valence electrons. The van der Waals surface area contributed by atoms with Crippen molar-refractivity contribution in [2.24, 2.45) is 0 Å². The number of anilines is 1. The van der Waals surface area contributed by atoms with Crippen LogP contribution in [-0.4, -0.2) is 54.8 Å². The number of benzene rings is 2. The second kappa shape index (κ2) is 11.0. The maximum absolute atomic E-state index is 13.2. The molecule has 0 aliphatic rings. The Bertz CT molecular complexity index is 974. The summed E-state index contributed by atoms with van der Waals surface area (Å²) in [7, 11) is 1.64. The van der Waals surface area contributed by atoms with Gasteiger partial charge < -0.3 is 9.64 Å². The van der Waals surface area contributed by atoms with Crippen LogP contribution in [0.15, 0.2) is 47.4 Å². The number of ether oxygens (including phenoxy) is 1. The topological polar surface area (TPSA) is 45.7 Å². The van der Waals surface area contributed by atoms with Gasteiger partial charge in [0.25, 0.3) is 0 Å². The van der Waals surface area contributed by atoms with Crippen LogP contribution in [0.25, 0.3) is 10.2 Å². The molecule has 0 spiro atoms. The first-order valence-corrected chi connectivity index (χ1v) is 12.1. The maximum atomic E-state index is 13.2. The molecule has 2 aromatic carbocycles. The van der Waals surface area contributed by atoms with Crippen molar-refractivity contribution in [2.45, 2.75) is 18.7 Å². The number of carbonyl (C=O) groups is 1. The summed E-state index contributed by atoms with van der Waals surface area (Å²) in [5, 5.41) is 1.31. The minimum absolute atomic E-state index is 0.0400. The lowest BCUT2D eigenvalue weighted by molar-refractivity contribution is -0.116. The molecular formula is C22H26ClN3O2S2. The van der Waals surface area contributed by atoms with Crippen LogP contribution in [0.3, 0.4) is 0 Å². The van der Waals surface area contributed by atoms with E-state index in [9.17, 15) is 4.79 Å². The zero-order valence-corrected chi connectivity index (χ0v) is 19.8. The van der Waals surface area contributed by atoms with Crippen molar-refractivity contribution in [2.75, 3.05) is 43.9 Å². The fourth-order valence-electron chi connectivity index (χ4n) is 3.02. The fraction of sp³-hybridized carbons (Fsp3) is 0.364. The molecule has 3 aromatic rings. The van der Waals surface area contributed by atoms with Crippen molar-refractivity contribution in [3.8, 4) is 5.75 Å². The third-order valence-corrected chi connectivity index (χ3v) is 7.19. The molecule has 0 aliphatic carbocycles. The molecule has 1 aromatic heterocycles. The molecule has 0 unspecified atom stereocenters. The Morgan fingerprint density at radius 2 is 1.87 bits per heavy atom. The number of hydrogen-bond donors (Lipinski definition) is 0. The number of para-hydroxylation sites is 1. The number of carbonyl (C=O) groups excluding carboxylic acids is 1. The van der Waals surface area contributed by atoms with Gasteiger partial charge >= 0.3 is 0 Å². The van der Waals surface area contributed by atoms with E-state index >= 15 is 0 Å². The summed E-state index contributed by atoms with van der Waals surface area (Å²) in [5.74, 6) is 1.19. The second-order valence-corrected chi connectivity index (χ2v) is 9.08. The first-order chi connectivity index (χ1) is 14.5. The zero-order chi connectivity index (χ0) is 21.5. The average Bonchev–Trinajstić information content (AvgIpc) is 3.21. The Kier molecular flexibility index (Phi) is 8.39. The van der Waals surface area contributed by atoms with Crippen LogP contribution in [-0.2, 0) is 4.79 Å². The Morgan fingerprint density at radius 1 is 1.13 bits per heavy atom. The molecule has 1 heterocycles. The van der Waals surface area contributed by atoms with Gasteiger partial charge in [0, 0.05) is 18.0 Å². The summed E-state index contributed by atoms with van der Waals surface area (Å²) >= 11 is 9.33. The third kappa shape index (κ3) is 5.66. The van der Waals surface area contributed by atoms with E-state index in [0.29, 0.717) is 22.5 Å². The Balaban J connectivity index is 1.78. The highest BCUT2D eigenvalue weighted by molar-refractivity contribution is 8.00. The van der Waals surface area contributed by atoms with Crippen LogP contribution in [0.2, 0.25) is 5.02 Å². The molecule has 0 saturated heterocycles. The molecule has 0 radical (unpaired) electrons. The molecule has 0 fully saturated rings. The van der Waals surface area contributed by atoms with Gasteiger partial charge in [0.2, 0.25) is 5.91 Å². The van der Waals surface area contributed by atoms with Crippen LogP contribution in [0.5, 0.6) is 5.75 Å². The summed E-state index contributed by atoms with van der Waals surface area (Å²) in [4.78, 5) is 23.0. The number of methoxy groups -OCH3 is 1. The Hall–Kier alpha value is -1.80. The van der Waals surface area contributed by atoms with Gasteiger partial charge in [0.1, 0.15) is 11.3 Å². The SMILES string of the molecule is CCN(CC)CCN(C(=O)CSc1ccc(OC)cc1)c1nc2c(Cl)cccc2s1. The standard InChI is InChI=1S/C22H26ClN3O2S2/c1-4-25(5-2)13-14-26(22-24-21-18(23)7-6-8-19(21)30-22)20(27)15-29-17-11-9-16(28-3)10-12-17/h6-12H,4-5,13-15H2,1-3H3. The molecule has 0 saturated carbocycles.